The summed E-state index contributed by atoms with van der Waals surface area (Å²) in [5.74, 6) is 0.279. The van der Waals surface area contributed by atoms with Crippen molar-refractivity contribution in [3.05, 3.63) is 17.0 Å². The minimum Gasteiger partial charge on any atom is -0.396 e. The molecule has 0 saturated heterocycles. The Labute approximate surface area is 71.5 Å². The SMILES string of the molecule is Cc1nc(N)nc(CCO)c1C. The van der Waals surface area contributed by atoms with Gasteiger partial charge in [-0.3, -0.25) is 0 Å². The van der Waals surface area contributed by atoms with Crippen molar-refractivity contribution in [1.29, 1.82) is 0 Å². The number of rotatable bonds is 2. The second kappa shape index (κ2) is 3.49. The van der Waals surface area contributed by atoms with Crippen molar-refractivity contribution in [1.82, 2.24) is 9.97 Å². The summed E-state index contributed by atoms with van der Waals surface area (Å²) in [6.07, 6.45) is 0.541. The number of hydrogen-bond donors (Lipinski definition) is 2. The van der Waals surface area contributed by atoms with E-state index in [1.165, 1.54) is 0 Å². The van der Waals surface area contributed by atoms with Crippen LogP contribution in [0.5, 0.6) is 0 Å². The highest BCUT2D eigenvalue weighted by atomic mass is 16.3. The molecule has 0 saturated carbocycles. The van der Waals surface area contributed by atoms with E-state index in [1.807, 2.05) is 13.8 Å². The predicted molar refractivity (Wildman–Crippen MR) is 46.7 cm³/mol. The maximum atomic E-state index is 8.72. The Bertz CT molecular complexity index is 286. The standard InChI is InChI=1S/C8H13N3O/c1-5-6(2)10-8(9)11-7(5)3-4-12/h12H,3-4H2,1-2H3,(H2,9,10,11). The van der Waals surface area contributed by atoms with Crippen molar-refractivity contribution in [2.24, 2.45) is 0 Å². The molecule has 66 valence electrons. The molecular formula is C8H13N3O. The van der Waals surface area contributed by atoms with E-state index in [0.717, 1.165) is 17.0 Å². The summed E-state index contributed by atoms with van der Waals surface area (Å²) >= 11 is 0. The lowest BCUT2D eigenvalue weighted by Gasteiger charge is -2.06. The summed E-state index contributed by atoms with van der Waals surface area (Å²) in [4.78, 5) is 8.03. The van der Waals surface area contributed by atoms with Crippen molar-refractivity contribution in [3.8, 4) is 0 Å². The molecule has 0 fully saturated rings. The Morgan fingerprint density at radius 2 is 2.00 bits per heavy atom. The van der Waals surface area contributed by atoms with E-state index in [1.54, 1.807) is 0 Å². The number of aliphatic hydroxyl groups is 1. The third kappa shape index (κ3) is 1.71. The van der Waals surface area contributed by atoms with Crippen molar-refractivity contribution in [2.75, 3.05) is 12.3 Å². The first-order valence-corrected chi connectivity index (χ1v) is 3.85. The van der Waals surface area contributed by atoms with Gasteiger partial charge in [0.15, 0.2) is 0 Å². The molecule has 4 nitrogen and oxygen atoms in total. The smallest absolute Gasteiger partial charge is 0.220 e. The Hall–Kier alpha value is -1.16. The van der Waals surface area contributed by atoms with Crippen molar-refractivity contribution >= 4 is 5.95 Å². The number of aryl methyl sites for hydroxylation is 1. The summed E-state index contributed by atoms with van der Waals surface area (Å²) in [5.41, 5.74) is 8.18. The molecule has 12 heavy (non-hydrogen) atoms. The maximum absolute atomic E-state index is 8.72. The molecule has 0 aliphatic heterocycles. The molecule has 1 rings (SSSR count). The Balaban J connectivity index is 3.09. The van der Waals surface area contributed by atoms with Gasteiger partial charge in [0.25, 0.3) is 0 Å². The van der Waals surface area contributed by atoms with Crippen LogP contribution in [0.1, 0.15) is 17.0 Å². The van der Waals surface area contributed by atoms with Crippen LogP contribution in [0.25, 0.3) is 0 Å². The number of nitrogens with two attached hydrogens (primary N) is 1. The van der Waals surface area contributed by atoms with E-state index in [-0.39, 0.29) is 12.6 Å². The first-order chi connectivity index (χ1) is 5.65. The lowest BCUT2D eigenvalue weighted by Crippen LogP contribution is -2.06. The molecule has 0 aromatic carbocycles. The van der Waals surface area contributed by atoms with Crippen molar-refractivity contribution in [2.45, 2.75) is 20.3 Å². The summed E-state index contributed by atoms with van der Waals surface area (Å²) in [7, 11) is 0. The summed E-state index contributed by atoms with van der Waals surface area (Å²) in [6.45, 7) is 3.91. The van der Waals surface area contributed by atoms with Gasteiger partial charge in [-0.15, -0.1) is 0 Å². The highest BCUT2D eigenvalue weighted by Crippen LogP contribution is 2.10. The fraction of sp³-hybridized carbons (Fsp3) is 0.500. The van der Waals surface area contributed by atoms with Gasteiger partial charge in [-0.05, 0) is 19.4 Å². The zero-order valence-corrected chi connectivity index (χ0v) is 7.33. The number of anilines is 1. The summed E-state index contributed by atoms with van der Waals surface area (Å²) in [5, 5.41) is 8.72. The molecule has 4 heteroatoms. The quantitative estimate of drug-likeness (QED) is 0.660. The van der Waals surface area contributed by atoms with Crippen LogP contribution < -0.4 is 5.73 Å². The summed E-state index contributed by atoms with van der Waals surface area (Å²) in [6, 6.07) is 0. The van der Waals surface area contributed by atoms with Crippen LogP contribution in [0, 0.1) is 13.8 Å². The van der Waals surface area contributed by atoms with Gasteiger partial charge in [-0.1, -0.05) is 0 Å². The lowest BCUT2D eigenvalue weighted by atomic mass is 10.1. The van der Waals surface area contributed by atoms with E-state index in [4.69, 9.17) is 10.8 Å². The predicted octanol–water partition coefficient (Wildman–Crippen LogP) is 0.210. The molecular weight excluding hydrogens is 154 g/mol. The number of nitrogens with zero attached hydrogens (tertiary/aromatic N) is 2. The summed E-state index contributed by atoms with van der Waals surface area (Å²) < 4.78 is 0. The van der Waals surface area contributed by atoms with Gasteiger partial charge in [0.05, 0.1) is 5.69 Å². The first kappa shape index (κ1) is 8.93. The molecule has 0 aliphatic carbocycles. The Morgan fingerprint density at radius 1 is 1.33 bits per heavy atom. The van der Waals surface area contributed by atoms with Crippen LogP contribution in [0.2, 0.25) is 0 Å². The minimum absolute atomic E-state index is 0.0940. The van der Waals surface area contributed by atoms with Gasteiger partial charge < -0.3 is 10.8 Å². The van der Waals surface area contributed by atoms with Gasteiger partial charge in [0.2, 0.25) is 5.95 Å². The number of nitrogen functional groups attached to an aromatic ring is 1. The topological polar surface area (TPSA) is 72.0 Å². The zero-order valence-electron chi connectivity index (χ0n) is 7.33. The van der Waals surface area contributed by atoms with Gasteiger partial charge in [0.1, 0.15) is 0 Å². The maximum Gasteiger partial charge on any atom is 0.220 e. The molecule has 0 amide bonds. The molecule has 0 unspecified atom stereocenters. The monoisotopic (exact) mass is 167 g/mol. The number of hydrogen-bond acceptors (Lipinski definition) is 4. The van der Waals surface area contributed by atoms with E-state index in [2.05, 4.69) is 9.97 Å². The van der Waals surface area contributed by atoms with Crippen LogP contribution >= 0.6 is 0 Å². The first-order valence-electron chi connectivity index (χ1n) is 3.85. The molecule has 0 radical (unpaired) electrons. The van der Waals surface area contributed by atoms with Crippen LogP contribution in [0.15, 0.2) is 0 Å². The average Bonchev–Trinajstić information content (AvgIpc) is 2.00. The average molecular weight is 167 g/mol. The van der Waals surface area contributed by atoms with Crippen molar-refractivity contribution in [3.63, 3.8) is 0 Å². The van der Waals surface area contributed by atoms with E-state index in [0.29, 0.717) is 6.42 Å². The second-order valence-electron chi connectivity index (χ2n) is 2.71. The third-order valence-electron chi connectivity index (χ3n) is 1.86. The van der Waals surface area contributed by atoms with Crippen LogP contribution in [-0.4, -0.2) is 21.7 Å². The fourth-order valence-electron chi connectivity index (χ4n) is 1.06. The van der Waals surface area contributed by atoms with Gasteiger partial charge in [-0.25, -0.2) is 9.97 Å². The molecule has 1 aromatic rings. The second-order valence-corrected chi connectivity index (χ2v) is 2.71. The number of aromatic nitrogens is 2. The minimum atomic E-state index is 0.0940. The number of aliphatic hydroxyl groups excluding tert-OH is 1. The van der Waals surface area contributed by atoms with Gasteiger partial charge >= 0.3 is 0 Å². The van der Waals surface area contributed by atoms with Gasteiger partial charge in [-0.2, -0.15) is 0 Å². The van der Waals surface area contributed by atoms with Crippen LogP contribution in [0.4, 0.5) is 5.95 Å². The molecule has 1 heterocycles. The molecule has 0 bridgehead atoms. The van der Waals surface area contributed by atoms with Crippen LogP contribution in [0.3, 0.4) is 0 Å². The fourth-order valence-corrected chi connectivity index (χ4v) is 1.06. The molecule has 0 atom stereocenters. The van der Waals surface area contributed by atoms with E-state index >= 15 is 0 Å². The molecule has 0 spiro atoms. The molecule has 0 aliphatic rings. The zero-order chi connectivity index (χ0) is 9.14. The Morgan fingerprint density at radius 3 is 2.58 bits per heavy atom. The normalized spacial score (nSPS) is 10.2. The van der Waals surface area contributed by atoms with Gasteiger partial charge in [0, 0.05) is 18.7 Å². The molecule has 3 N–H and O–H groups in total. The van der Waals surface area contributed by atoms with Crippen molar-refractivity contribution < 1.29 is 5.11 Å². The van der Waals surface area contributed by atoms with Crippen LogP contribution in [-0.2, 0) is 6.42 Å². The van der Waals surface area contributed by atoms with E-state index in [9.17, 15) is 0 Å². The Kier molecular flexibility index (Phi) is 2.60. The highest BCUT2D eigenvalue weighted by molar-refractivity contribution is 5.30. The highest BCUT2D eigenvalue weighted by Gasteiger charge is 2.04. The van der Waals surface area contributed by atoms with E-state index < -0.39 is 0 Å². The lowest BCUT2D eigenvalue weighted by molar-refractivity contribution is 0.298. The third-order valence-corrected chi connectivity index (χ3v) is 1.86. The largest absolute Gasteiger partial charge is 0.396 e. The molecule has 1 aromatic heterocycles.